The van der Waals surface area contributed by atoms with E-state index in [1.807, 2.05) is 16.3 Å². The first kappa shape index (κ1) is 18.4. The molecule has 2 amide bonds. The predicted molar refractivity (Wildman–Crippen MR) is 103 cm³/mol. The van der Waals surface area contributed by atoms with Crippen LogP contribution in [0.2, 0.25) is 0 Å². The molecule has 0 aliphatic carbocycles. The number of nitrogens with zero attached hydrogens (tertiary/aromatic N) is 2. The van der Waals surface area contributed by atoms with Crippen LogP contribution in [0.5, 0.6) is 0 Å². The second-order valence-corrected chi connectivity index (χ2v) is 8.20. The molecule has 0 unspecified atom stereocenters. The smallest absolute Gasteiger partial charge is 0.412 e. The van der Waals surface area contributed by atoms with Crippen molar-refractivity contribution >= 4 is 34.7 Å². The number of aryl methyl sites for hydroxylation is 1. The molecule has 26 heavy (non-hydrogen) atoms. The molecule has 0 saturated heterocycles. The van der Waals surface area contributed by atoms with Gasteiger partial charge < -0.3 is 9.64 Å². The summed E-state index contributed by atoms with van der Waals surface area (Å²) in [5.41, 5.74) is 1.27. The number of hydrogen-bond donors (Lipinski definition) is 1. The SMILES string of the molecule is CC(C)(C)OC(=O)Nc1ccc(C(=O)N2CCCCc3sccc32)nc1. The van der Waals surface area contributed by atoms with Gasteiger partial charge in [-0.3, -0.25) is 10.1 Å². The summed E-state index contributed by atoms with van der Waals surface area (Å²) in [6.07, 6.45) is 4.01. The monoisotopic (exact) mass is 373 g/mol. The first-order chi connectivity index (χ1) is 12.3. The Bertz CT molecular complexity index is 793. The highest BCUT2D eigenvalue weighted by atomic mass is 32.1. The van der Waals surface area contributed by atoms with Gasteiger partial charge in [0.2, 0.25) is 0 Å². The van der Waals surface area contributed by atoms with E-state index < -0.39 is 11.7 Å². The first-order valence-electron chi connectivity index (χ1n) is 8.68. The van der Waals surface area contributed by atoms with E-state index in [4.69, 9.17) is 4.74 Å². The number of aromatic nitrogens is 1. The number of pyridine rings is 1. The number of amides is 2. The predicted octanol–water partition coefficient (Wildman–Crippen LogP) is 4.47. The lowest BCUT2D eigenvalue weighted by atomic mass is 10.2. The summed E-state index contributed by atoms with van der Waals surface area (Å²) in [6.45, 7) is 6.09. The Labute approximate surface area is 157 Å². The quantitative estimate of drug-likeness (QED) is 0.843. The number of hydrogen-bond acceptors (Lipinski definition) is 5. The minimum atomic E-state index is -0.571. The number of carbonyl (C=O) groups excluding carboxylic acids is 2. The minimum absolute atomic E-state index is 0.115. The van der Waals surface area contributed by atoms with Gasteiger partial charge in [0.25, 0.3) is 5.91 Å². The highest BCUT2D eigenvalue weighted by molar-refractivity contribution is 7.10. The van der Waals surface area contributed by atoms with Gasteiger partial charge in [-0.15, -0.1) is 11.3 Å². The summed E-state index contributed by atoms with van der Waals surface area (Å²) >= 11 is 1.69. The lowest BCUT2D eigenvalue weighted by Gasteiger charge is -2.21. The molecule has 6 nitrogen and oxygen atoms in total. The van der Waals surface area contributed by atoms with Crippen molar-refractivity contribution in [3.8, 4) is 0 Å². The third kappa shape index (κ3) is 4.40. The zero-order valence-corrected chi connectivity index (χ0v) is 16.1. The van der Waals surface area contributed by atoms with Crippen LogP contribution in [-0.2, 0) is 11.2 Å². The molecular weight excluding hydrogens is 350 g/mol. The molecule has 0 saturated carbocycles. The largest absolute Gasteiger partial charge is 0.444 e. The summed E-state index contributed by atoms with van der Waals surface area (Å²) < 4.78 is 5.21. The normalized spacial score (nSPS) is 14.3. The topological polar surface area (TPSA) is 71.5 Å². The zero-order valence-electron chi connectivity index (χ0n) is 15.2. The molecule has 0 spiro atoms. The molecule has 1 N–H and O–H groups in total. The van der Waals surface area contributed by atoms with Crippen molar-refractivity contribution in [1.29, 1.82) is 0 Å². The molecule has 1 aliphatic rings. The van der Waals surface area contributed by atoms with E-state index in [-0.39, 0.29) is 5.91 Å². The number of thiophene rings is 1. The molecule has 0 bridgehead atoms. The maximum Gasteiger partial charge on any atom is 0.412 e. The Morgan fingerprint density at radius 1 is 1.23 bits per heavy atom. The third-order valence-corrected chi connectivity index (χ3v) is 4.89. The van der Waals surface area contributed by atoms with E-state index >= 15 is 0 Å². The molecule has 2 aromatic heterocycles. The molecule has 3 rings (SSSR count). The van der Waals surface area contributed by atoms with Crippen molar-refractivity contribution in [2.24, 2.45) is 0 Å². The molecular formula is C19H23N3O3S. The second kappa shape index (κ2) is 7.45. The number of fused-ring (bicyclic) bond motifs is 1. The summed E-state index contributed by atoms with van der Waals surface area (Å²) in [4.78, 5) is 32.0. The van der Waals surface area contributed by atoms with Crippen LogP contribution in [0.4, 0.5) is 16.2 Å². The van der Waals surface area contributed by atoms with E-state index in [2.05, 4.69) is 10.3 Å². The van der Waals surface area contributed by atoms with Gasteiger partial charge >= 0.3 is 6.09 Å². The van der Waals surface area contributed by atoms with Crippen molar-refractivity contribution in [2.45, 2.75) is 45.6 Å². The minimum Gasteiger partial charge on any atom is -0.444 e. The Morgan fingerprint density at radius 2 is 2.04 bits per heavy atom. The number of anilines is 2. The summed E-state index contributed by atoms with van der Waals surface area (Å²) in [5.74, 6) is -0.115. The molecule has 0 aromatic carbocycles. The summed E-state index contributed by atoms with van der Waals surface area (Å²) in [5, 5.41) is 4.64. The average molecular weight is 373 g/mol. The lowest BCUT2D eigenvalue weighted by molar-refractivity contribution is 0.0635. The van der Waals surface area contributed by atoms with Gasteiger partial charge in [-0.1, -0.05) is 0 Å². The maximum absolute atomic E-state index is 12.9. The van der Waals surface area contributed by atoms with E-state index in [9.17, 15) is 9.59 Å². The molecule has 138 valence electrons. The maximum atomic E-state index is 12.9. The fraction of sp³-hybridized carbons (Fsp3) is 0.421. The summed E-state index contributed by atoms with van der Waals surface area (Å²) in [6, 6.07) is 5.30. The van der Waals surface area contributed by atoms with Gasteiger partial charge in [0, 0.05) is 11.4 Å². The van der Waals surface area contributed by atoms with Gasteiger partial charge in [-0.05, 0) is 63.6 Å². The van der Waals surface area contributed by atoms with Crippen molar-refractivity contribution < 1.29 is 14.3 Å². The van der Waals surface area contributed by atoms with Crippen molar-refractivity contribution in [1.82, 2.24) is 4.98 Å². The van der Waals surface area contributed by atoms with E-state index in [0.717, 1.165) is 24.9 Å². The fourth-order valence-electron chi connectivity index (χ4n) is 2.80. The number of rotatable bonds is 2. The highest BCUT2D eigenvalue weighted by Crippen LogP contribution is 2.31. The fourth-order valence-corrected chi connectivity index (χ4v) is 3.72. The molecule has 2 aromatic rings. The third-order valence-electron chi connectivity index (χ3n) is 3.92. The summed E-state index contributed by atoms with van der Waals surface area (Å²) in [7, 11) is 0. The number of carbonyl (C=O) groups is 2. The average Bonchev–Trinajstić information content (AvgIpc) is 2.93. The van der Waals surface area contributed by atoms with Crippen LogP contribution in [0.15, 0.2) is 29.8 Å². The Hall–Kier alpha value is -2.41. The standard InChI is InChI=1S/C19H23N3O3S/c1-19(2,3)25-18(24)21-13-7-8-14(20-12-13)17(23)22-10-5-4-6-16-15(22)9-11-26-16/h7-9,11-12H,4-6,10H2,1-3H3,(H,21,24). The van der Waals surface area contributed by atoms with Crippen LogP contribution in [0, 0.1) is 0 Å². The first-order valence-corrected chi connectivity index (χ1v) is 9.56. The van der Waals surface area contributed by atoms with Crippen molar-refractivity contribution in [2.75, 3.05) is 16.8 Å². The Kier molecular flexibility index (Phi) is 5.27. The van der Waals surface area contributed by atoms with E-state index in [0.29, 0.717) is 17.9 Å². The van der Waals surface area contributed by atoms with Gasteiger partial charge in [-0.2, -0.15) is 0 Å². The Balaban J connectivity index is 1.71. The van der Waals surface area contributed by atoms with Crippen LogP contribution in [-0.4, -0.2) is 29.1 Å². The molecule has 1 aliphatic heterocycles. The zero-order chi connectivity index (χ0) is 18.7. The van der Waals surface area contributed by atoms with E-state index in [1.54, 1.807) is 44.2 Å². The van der Waals surface area contributed by atoms with Crippen molar-refractivity contribution in [3.63, 3.8) is 0 Å². The van der Waals surface area contributed by atoms with Gasteiger partial charge in [-0.25, -0.2) is 9.78 Å². The van der Waals surface area contributed by atoms with Crippen LogP contribution in [0.25, 0.3) is 0 Å². The molecule has 0 radical (unpaired) electrons. The molecule has 0 fully saturated rings. The van der Waals surface area contributed by atoms with Crippen LogP contribution < -0.4 is 10.2 Å². The van der Waals surface area contributed by atoms with Crippen LogP contribution in [0.1, 0.15) is 49.0 Å². The Morgan fingerprint density at radius 3 is 2.73 bits per heavy atom. The number of ether oxygens (including phenoxy) is 1. The second-order valence-electron chi connectivity index (χ2n) is 7.20. The molecule has 0 atom stereocenters. The highest BCUT2D eigenvalue weighted by Gasteiger charge is 2.24. The lowest BCUT2D eigenvalue weighted by Crippen LogP contribution is -2.32. The molecule has 7 heteroatoms. The molecule has 3 heterocycles. The van der Waals surface area contributed by atoms with Crippen molar-refractivity contribution in [3.05, 3.63) is 40.3 Å². The van der Waals surface area contributed by atoms with E-state index in [1.165, 1.54) is 11.1 Å². The van der Waals surface area contributed by atoms with Gasteiger partial charge in [0.1, 0.15) is 11.3 Å². The van der Waals surface area contributed by atoms with Gasteiger partial charge in [0.15, 0.2) is 0 Å². The van der Waals surface area contributed by atoms with Crippen LogP contribution in [0.3, 0.4) is 0 Å². The van der Waals surface area contributed by atoms with Crippen LogP contribution >= 0.6 is 11.3 Å². The van der Waals surface area contributed by atoms with Gasteiger partial charge in [0.05, 0.1) is 17.6 Å². The number of nitrogens with one attached hydrogen (secondary N) is 1.